The third-order valence-corrected chi connectivity index (χ3v) is 4.01. The lowest BCUT2D eigenvalue weighted by Gasteiger charge is -2.06. The minimum atomic E-state index is -0.223. The van der Waals surface area contributed by atoms with E-state index in [0.717, 1.165) is 20.3 Å². The van der Waals surface area contributed by atoms with Gasteiger partial charge in [-0.05, 0) is 77.6 Å². The molecule has 0 amide bonds. The molecule has 0 aliphatic rings. The van der Waals surface area contributed by atoms with Gasteiger partial charge in [-0.1, -0.05) is 6.07 Å². The topological polar surface area (TPSA) is 20.7 Å². The fourth-order valence-corrected chi connectivity index (χ4v) is 2.87. The summed E-state index contributed by atoms with van der Waals surface area (Å²) in [7, 11) is 0. The van der Waals surface area contributed by atoms with Gasteiger partial charge in [-0.2, -0.15) is 0 Å². The first-order chi connectivity index (χ1) is 9.06. The number of nitrogens with zero attached hydrogens (tertiary/aromatic N) is 1. The minimum Gasteiger partial charge on any atom is -0.330 e. The smallest absolute Gasteiger partial charge is 0.182 e. The van der Waals surface area contributed by atoms with Crippen molar-refractivity contribution >= 4 is 45.8 Å². The van der Waals surface area contributed by atoms with Crippen LogP contribution in [0.1, 0.15) is 5.56 Å². The zero-order chi connectivity index (χ0) is 13.6. The number of H-pyrrole nitrogens is 1. The van der Waals surface area contributed by atoms with Crippen LogP contribution in [0.2, 0.25) is 0 Å². The number of imidazole rings is 1. The van der Waals surface area contributed by atoms with E-state index < -0.39 is 0 Å². The largest absolute Gasteiger partial charge is 0.330 e. The lowest BCUT2D eigenvalue weighted by molar-refractivity contribution is 0.617. The molecule has 0 radical (unpaired) electrons. The van der Waals surface area contributed by atoms with Crippen LogP contribution in [0.4, 0.5) is 4.39 Å². The van der Waals surface area contributed by atoms with Crippen LogP contribution >= 0.6 is 34.8 Å². The van der Waals surface area contributed by atoms with Gasteiger partial charge in [-0.3, -0.25) is 4.57 Å². The molecule has 1 N–H and O–H groups in total. The Bertz CT molecular complexity index is 835. The number of hydrogen-bond donors (Lipinski definition) is 1. The molecule has 5 heteroatoms. The zero-order valence-corrected chi connectivity index (χ0v) is 13.0. The van der Waals surface area contributed by atoms with Crippen LogP contribution in [0.25, 0.3) is 16.7 Å². The van der Waals surface area contributed by atoms with Crippen molar-refractivity contribution in [2.24, 2.45) is 0 Å². The van der Waals surface area contributed by atoms with Gasteiger partial charge in [0.2, 0.25) is 0 Å². The summed E-state index contributed by atoms with van der Waals surface area (Å²) in [5.41, 5.74) is 3.27. The van der Waals surface area contributed by atoms with Crippen LogP contribution < -0.4 is 0 Å². The third-order valence-electron chi connectivity index (χ3n) is 3.06. The monoisotopic (exact) mass is 384 g/mol. The molecule has 19 heavy (non-hydrogen) atoms. The first-order valence-corrected chi connectivity index (χ1v) is 7.22. The first-order valence-electron chi connectivity index (χ1n) is 5.73. The van der Waals surface area contributed by atoms with Crippen molar-refractivity contribution in [3.8, 4) is 5.69 Å². The number of aromatic amines is 1. The number of hydrogen-bond acceptors (Lipinski definition) is 1. The van der Waals surface area contributed by atoms with Crippen molar-refractivity contribution in [2.75, 3.05) is 0 Å². The van der Waals surface area contributed by atoms with E-state index in [1.165, 1.54) is 6.07 Å². The van der Waals surface area contributed by atoms with Crippen LogP contribution in [0.5, 0.6) is 0 Å². The van der Waals surface area contributed by atoms with Gasteiger partial charge in [0.05, 0.1) is 16.7 Å². The summed E-state index contributed by atoms with van der Waals surface area (Å²) in [6, 6.07) is 11.2. The van der Waals surface area contributed by atoms with Crippen LogP contribution in [0.15, 0.2) is 36.4 Å². The summed E-state index contributed by atoms with van der Waals surface area (Å²) in [4.78, 5) is 3.15. The molecule has 3 rings (SSSR count). The summed E-state index contributed by atoms with van der Waals surface area (Å²) in [6.45, 7) is 1.75. The molecular weight excluding hydrogens is 374 g/mol. The van der Waals surface area contributed by atoms with Crippen LogP contribution in [-0.2, 0) is 0 Å². The lowest BCUT2D eigenvalue weighted by Crippen LogP contribution is -1.95. The SMILES string of the molecule is Cc1ccc(-n2c(=S)[nH]c3cc(I)ccc32)cc1F. The van der Waals surface area contributed by atoms with Gasteiger partial charge in [0.15, 0.2) is 4.77 Å². The molecule has 0 spiro atoms. The fourth-order valence-electron chi connectivity index (χ4n) is 2.06. The molecule has 0 saturated heterocycles. The summed E-state index contributed by atoms with van der Waals surface area (Å²) >= 11 is 7.59. The normalized spacial score (nSPS) is 11.1. The fraction of sp³-hybridized carbons (Fsp3) is 0.0714. The molecule has 1 aromatic heterocycles. The Hall–Kier alpha value is -1.21. The van der Waals surface area contributed by atoms with Crippen molar-refractivity contribution in [3.63, 3.8) is 0 Å². The Morgan fingerprint density at radius 1 is 1.21 bits per heavy atom. The Balaban J connectivity index is 2.32. The molecule has 2 nitrogen and oxygen atoms in total. The summed E-state index contributed by atoms with van der Waals surface area (Å²) in [5.74, 6) is -0.223. The molecule has 0 aliphatic heterocycles. The van der Waals surface area contributed by atoms with E-state index >= 15 is 0 Å². The Kier molecular flexibility index (Phi) is 3.18. The molecular formula is C14H10FIN2S. The summed E-state index contributed by atoms with van der Waals surface area (Å²) in [5, 5.41) is 0. The first kappa shape index (κ1) is 12.8. The average molecular weight is 384 g/mol. The number of fused-ring (bicyclic) bond motifs is 1. The van der Waals surface area contributed by atoms with E-state index in [2.05, 4.69) is 27.6 Å². The standard InChI is InChI=1S/C14H10FIN2S/c1-8-2-4-10(7-11(8)15)18-13-5-3-9(16)6-12(13)17-14(18)19/h2-7H,1H3,(H,17,19). The molecule has 0 unspecified atom stereocenters. The van der Waals surface area contributed by atoms with Crippen molar-refractivity contribution in [3.05, 3.63) is 56.1 Å². The second-order valence-corrected chi connectivity index (χ2v) is 5.99. The highest BCUT2D eigenvalue weighted by atomic mass is 127. The summed E-state index contributed by atoms with van der Waals surface area (Å²) in [6.07, 6.45) is 0. The summed E-state index contributed by atoms with van der Waals surface area (Å²) < 4.78 is 17.3. The maximum atomic E-state index is 13.7. The highest BCUT2D eigenvalue weighted by molar-refractivity contribution is 14.1. The molecule has 0 aliphatic carbocycles. The van der Waals surface area contributed by atoms with Crippen molar-refractivity contribution in [1.82, 2.24) is 9.55 Å². The maximum Gasteiger partial charge on any atom is 0.182 e. The van der Waals surface area contributed by atoms with E-state index in [4.69, 9.17) is 12.2 Å². The molecule has 3 aromatic rings. The lowest BCUT2D eigenvalue weighted by atomic mass is 10.2. The second-order valence-electron chi connectivity index (χ2n) is 4.36. The number of benzene rings is 2. The van der Waals surface area contributed by atoms with Gasteiger partial charge >= 0.3 is 0 Å². The maximum absolute atomic E-state index is 13.7. The quantitative estimate of drug-likeness (QED) is 0.475. The predicted octanol–water partition coefficient (Wildman–Crippen LogP) is 4.74. The van der Waals surface area contributed by atoms with Gasteiger partial charge in [0.1, 0.15) is 5.82 Å². The van der Waals surface area contributed by atoms with Crippen molar-refractivity contribution < 1.29 is 4.39 Å². The number of halogens is 2. The second kappa shape index (κ2) is 4.72. The van der Waals surface area contributed by atoms with Crippen molar-refractivity contribution in [1.29, 1.82) is 0 Å². The van der Waals surface area contributed by atoms with E-state index in [0.29, 0.717) is 10.3 Å². The van der Waals surface area contributed by atoms with E-state index in [1.807, 2.05) is 28.8 Å². The highest BCUT2D eigenvalue weighted by Crippen LogP contribution is 2.22. The molecule has 96 valence electrons. The van der Waals surface area contributed by atoms with Gasteiger partial charge < -0.3 is 4.98 Å². The number of rotatable bonds is 1. The molecule has 2 aromatic carbocycles. The number of aryl methyl sites for hydroxylation is 1. The van der Waals surface area contributed by atoms with Gasteiger partial charge in [0.25, 0.3) is 0 Å². The number of aromatic nitrogens is 2. The van der Waals surface area contributed by atoms with E-state index in [1.54, 1.807) is 13.0 Å². The molecule has 0 atom stereocenters. The van der Waals surface area contributed by atoms with Gasteiger partial charge in [-0.25, -0.2) is 4.39 Å². The number of nitrogens with one attached hydrogen (secondary N) is 1. The average Bonchev–Trinajstić information content (AvgIpc) is 2.68. The van der Waals surface area contributed by atoms with Crippen LogP contribution in [-0.4, -0.2) is 9.55 Å². The molecule has 0 saturated carbocycles. The predicted molar refractivity (Wildman–Crippen MR) is 85.9 cm³/mol. The zero-order valence-electron chi connectivity index (χ0n) is 10.1. The van der Waals surface area contributed by atoms with E-state index in [9.17, 15) is 4.39 Å². The highest BCUT2D eigenvalue weighted by Gasteiger charge is 2.08. The Morgan fingerprint density at radius 3 is 2.74 bits per heavy atom. The molecule has 1 heterocycles. The van der Waals surface area contributed by atoms with Crippen LogP contribution in [0.3, 0.4) is 0 Å². The Labute approximate surface area is 128 Å². The Morgan fingerprint density at radius 2 is 2.00 bits per heavy atom. The van der Waals surface area contributed by atoms with Crippen LogP contribution in [0, 0.1) is 21.1 Å². The van der Waals surface area contributed by atoms with Gasteiger partial charge in [0, 0.05) is 3.57 Å². The minimum absolute atomic E-state index is 0.223. The third kappa shape index (κ3) is 2.21. The van der Waals surface area contributed by atoms with Gasteiger partial charge in [-0.15, -0.1) is 0 Å². The molecule has 0 bridgehead atoms. The van der Waals surface area contributed by atoms with E-state index in [-0.39, 0.29) is 5.82 Å². The molecule has 0 fully saturated rings. The van der Waals surface area contributed by atoms with Crippen molar-refractivity contribution in [2.45, 2.75) is 6.92 Å².